The predicted molar refractivity (Wildman–Crippen MR) is 125 cm³/mol. The molecule has 1 saturated heterocycles. The minimum absolute atomic E-state index is 0.0512. The minimum atomic E-state index is -1.18. The van der Waals surface area contributed by atoms with Crippen LogP contribution < -0.4 is 10.2 Å². The number of nitro benzene ring substituents is 1. The molecule has 10 nitrogen and oxygen atoms in total. The molecule has 0 radical (unpaired) electrons. The van der Waals surface area contributed by atoms with E-state index in [1.54, 1.807) is 25.1 Å². The molecule has 0 saturated carbocycles. The maximum absolute atomic E-state index is 13.1. The molecule has 1 aromatic heterocycles. The second-order valence-corrected chi connectivity index (χ2v) is 7.66. The number of carbonyl (C=O) groups excluding carboxylic acids is 2. The van der Waals surface area contributed by atoms with Gasteiger partial charge in [0.1, 0.15) is 17.1 Å². The van der Waals surface area contributed by atoms with Crippen LogP contribution in [0.15, 0.2) is 64.6 Å². The first kappa shape index (κ1) is 22.6. The van der Waals surface area contributed by atoms with E-state index in [0.29, 0.717) is 16.9 Å². The first-order chi connectivity index (χ1) is 16.2. The molecule has 2 N–H and O–H groups in total. The van der Waals surface area contributed by atoms with Crippen molar-refractivity contribution in [3.8, 4) is 11.3 Å². The van der Waals surface area contributed by atoms with E-state index in [2.05, 4.69) is 5.32 Å². The molecule has 0 unspecified atom stereocenters. The summed E-state index contributed by atoms with van der Waals surface area (Å²) >= 11 is 5.13. The zero-order valence-corrected chi connectivity index (χ0v) is 18.3. The van der Waals surface area contributed by atoms with Crippen molar-refractivity contribution >= 4 is 52.6 Å². The van der Waals surface area contributed by atoms with Gasteiger partial charge < -0.3 is 9.52 Å². The number of thiocarbonyl (C=S) groups is 1. The molecular formula is C23H15N3O7S. The molecule has 170 valence electrons. The summed E-state index contributed by atoms with van der Waals surface area (Å²) in [5, 5.41) is 22.4. The molecule has 2 amide bonds. The van der Waals surface area contributed by atoms with Gasteiger partial charge in [-0.3, -0.25) is 29.9 Å². The smallest absolute Gasteiger partial charge is 0.335 e. The van der Waals surface area contributed by atoms with Crippen LogP contribution in [-0.4, -0.2) is 32.9 Å². The summed E-state index contributed by atoms with van der Waals surface area (Å²) in [5.74, 6) is -2.07. The van der Waals surface area contributed by atoms with Crippen molar-refractivity contribution in [2.75, 3.05) is 4.90 Å². The highest BCUT2D eigenvalue weighted by molar-refractivity contribution is 7.80. The predicted octanol–water partition coefficient (Wildman–Crippen LogP) is 3.69. The molecule has 1 fully saturated rings. The Labute approximate surface area is 197 Å². The van der Waals surface area contributed by atoms with Gasteiger partial charge in [0.25, 0.3) is 17.5 Å². The van der Waals surface area contributed by atoms with Gasteiger partial charge in [-0.05, 0) is 67.2 Å². The van der Waals surface area contributed by atoms with Gasteiger partial charge in [0.15, 0.2) is 5.11 Å². The molecule has 11 heteroatoms. The number of benzene rings is 2. The van der Waals surface area contributed by atoms with Crippen LogP contribution in [0.4, 0.5) is 11.4 Å². The maximum Gasteiger partial charge on any atom is 0.335 e. The van der Waals surface area contributed by atoms with Crippen LogP contribution in [-0.2, 0) is 9.59 Å². The molecule has 3 aromatic rings. The van der Waals surface area contributed by atoms with Gasteiger partial charge in [-0.1, -0.05) is 6.07 Å². The van der Waals surface area contributed by atoms with Gasteiger partial charge >= 0.3 is 5.97 Å². The van der Waals surface area contributed by atoms with E-state index in [1.165, 1.54) is 42.5 Å². The number of non-ortho nitro benzene ring substituents is 1. The third kappa shape index (κ3) is 4.19. The second-order valence-electron chi connectivity index (χ2n) is 7.27. The number of aryl methyl sites for hydroxylation is 1. The monoisotopic (exact) mass is 477 g/mol. The lowest BCUT2D eigenvalue weighted by atomic mass is 10.1. The van der Waals surface area contributed by atoms with Crippen LogP contribution in [0.25, 0.3) is 17.4 Å². The number of hydrogen-bond donors (Lipinski definition) is 2. The van der Waals surface area contributed by atoms with Crippen LogP contribution in [0, 0.1) is 17.0 Å². The molecule has 2 heterocycles. The summed E-state index contributed by atoms with van der Waals surface area (Å²) in [6, 6.07) is 13.1. The molecular weight excluding hydrogens is 462 g/mol. The van der Waals surface area contributed by atoms with Crippen molar-refractivity contribution in [2.24, 2.45) is 0 Å². The maximum atomic E-state index is 13.1. The number of hydrogen-bond acceptors (Lipinski definition) is 7. The molecule has 4 rings (SSSR count). The highest BCUT2D eigenvalue weighted by Gasteiger charge is 2.35. The summed E-state index contributed by atoms with van der Waals surface area (Å²) in [6.07, 6.45) is 1.25. The molecule has 1 aliphatic rings. The lowest BCUT2D eigenvalue weighted by molar-refractivity contribution is -0.384. The standard InChI is InChI=1S/C23H15N3O7S/c1-12-9-15(26(31)32)5-7-17(12)19-8-6-16(33-19)11-18-20(27)24-23(34)25(21(18)28)14-4-2-3-13(10-14)22(29)30/h2-11H,1H3,(H,29,30)(H,24,27,34). The fourth-order valence-electron chi connectivity index (χ4n) is 3.43. The Bertz CT molecular complexity index is 1420. The van der Waals surface area contributed by atoms with Crippen LogP contribution >= 0.6 is 12.2 Å². The average molecular weight is 477 g/mol. The van der Waals surface area contributed by atoms with E-state index < -0.39 is 22.7 Å². The van der Waals surface area contributed by atoms with Crippen molar-refractivity contribution in [2.45, 2.75) is 6.92 Å². The summed E-state index contributed by atoms with van der Waals surface area (Å²) in [4.78, 5) is 48.4. The van der Waals surface area contributed by atoms with Crippen LogP contribution in [0.3, 0.4) is 0 Å². The van der Waals surface area contributed by atoms with E-state index in [-0.39, 0.29) is 33.4 Å². The molecule has 0 spiro atoms. The number of amides is 2. The lowest BCUT2D eigenvalue weighted by Gasteiger charge is -2.28. The van der Waals surface area contributed by atoms with Gasteiger partial charge in [0.05, 0.1) is 16.2 Å². The molecule has 0 bridgehead atoms. The SMILES string of the molecule is Cc1cc([N+](=O)[O-])ccc1-c1ccc(C=C2C(=O)NC(=S)N(c3cccc(C(=O)O)c3)C2=O)o1. The topological polar surface area (TPSA) is 143 Å². The molecule has 34 heavy (non-hydrogen) atoms. The van der Waals surface area contributed by atoms with Crippen molar-refractivity contribution < 1.29 is 28.8 Å². The largest absolute Gasteiger partial charge is 0.478 e. The van der Waals surface area contributed by atoms with Gasteiger partial charge in [0.2, 0.25) is 0 Å². The molecule has 0 aliphatic carbocycles. The van der Waals surface area contributed by atoms with Gasteiger partial charge in [0, 0.05) is 17.7 Å². The van der Waals surface area contributed by atoms with E-state index in [1.807, 2.05) is 0 Å². The Morgan fingerprint density at radius 2 is 1.94 bits per heavy atom. The van der Waals surface area contributed by atoms with E-state index in [0.717, 1.165) is 4.90 Å². The van der Waals surface area contributed by atoms with Crippen LogP contribution in [0.1, 0.15) is 21.7 Å². The van der Waals surface area contributed by atoms with Gasteiger partial charge in [-0.2, -0.15) is 0 Å². The number of aromatic carboxylic acids is 1. The molecule has 0 atom stereocenters. The first-order valence-corrected chi connectivity index (χ1v) is 10.2. The van der Waals surface area contributed by atoms with Crippen molar-refractivity contribution in [3.63, 3.8) is 0 Å². The number of nitrogens with one attached hydrogen (secondary N) is 1. The Hall–Kier alpha value is -4.64. The lowest BCUT2D eigenvalue weighted by Crippen LogP contribution is -2.54. The number of carbonyl (C=O) groups is 3. The Kier molecular flexibility index (Phi) is 5.78. The number of anilines is 1. The highest BCUT2D eigenvalue weighted by Crippen LogP contribution is 2.30. The number of furan rings is 1. The average Bonchev–Trinajstić information content (AvgIpc) is 3.25. The Morgan fingerprint density at radius 1 is 1.18 bits per heavy atom. The highest BCUT2D eigenvalue weighted by atomic mass is 32.1. The summed E-state index contributed by atoms with van der Waals surface area (Å²) in [5.41, 5.74) is 1.04. The minimum Gasteiger partial charge on any atom is -0.478 e. The summed E-state index contributed by atoms with van der Waals surface area (Å²) in [7, 11) is 0. The zero-order chi connectivity index (χ0) is 24.6. The van der Waals surface area contributed by atoms with E-state index in [4.69, 9.17) is 16.6 Å². The van der Waals surface area contributed by atoms with Crippen molar-refractivity contribution in [1.29, 1.82) is 0 Å². The number of carboxylic acid groups (broad SMARTS) is 1. The fourth-order valence-corrected chi connectivity index (χ4v) is 3.71. The quantitative estimate of drug-likeness (QED) is 0.186. The first-order valence-electron chi connectivity index (χ1n) is 9.76. The van der Waals surface area contributed by atoms with Crippen molar-refractivity contribution in [1.82, 2.24) is 5.32 Å². The molecule has 2 aromatic carbocycles. The Balaban J connectivity index is 1.67. The van der Waals surface area contributed by atoms with Crippen LogP contribution in [0.5, 0.6) is 0 Å². The third-order valence-electron chi connectivity index (χ3n) is 5.05. The van der Waals surface area contributed by atoms with E-state index >= 15 is 0 Å². The zero-order valence-electron chi connectivity index (χ0n) is 17.5. The normalized spacial score (nSPS) is 14.9. The van der Waals surface area contributed by atoms with Crippen molar-refractivity contribution in [3.05, 3.63) is 87.2 Å². The van der Waals surface area contributed by atoms with E-state index in [9.17, 15) is 29.6 Å². The van der Waals surface area contributed by atoms with Gasteiger partial charge in [-0.15, -0.1) is 0 Å². The number of nitrogens with zero attached hydrogens (tertiary/aromatic N) is 2. The number of nitro groups is 1. The fraction of sp³-hybridized carbons (Fsp3) is 0.0435. The third-order valence-corrected chi connectivity index (χ3v) is 5.34. The van der Waals surface area contributed by atoms with Gasteiger partial charge in [-0.25, -0.2) is 4.79 Å². The molecule has 1 aliphatic heterocycles. The summed E-state index contributed by atoms with van der Waals surface area (Å²) < 4.78 is 5.76. The summed E-state index contributed by atoms with van der Waals surface area (Å²) in [6.45, 7) is 1.70. The van der Waals surface area contributed by atoms with Crippen LogP contribution in [0.2, 0.25) is 0 Å². The number of rotatable bonds is 5. The second kappa shape index (κ2) is 8.71. The Morgan fingerprint density at radius 3 is 2.62 bits per heavy atom. The number of carboxylic acids is 1.